The van der Waals surface area contributed by atoms with Gasteiger partial charge in [-0.1, -0.05) is 17.7 Å². The zero-order valence-electron chi connectivity index (χ0n) is 11.7. The summed E-state index contributed by atoms with van der Waals surface area (Å²) in [5.74, 6) is 0. The van der Waals surface area contributed by atoms with Crippen LogP contribution in [-0.2, 0) is 19.0 Å². The quantitative estimate of drug-likeness (QED) is 0.856. The van der Waals surface area contributed by atoms with E-state index in [1.165, 1.54) is 12.1 Å². The Hall–Kier alpha value is -0.950. The van der Waals surface area contributed by atoms with Crippen LogP contribution in [0.3, 0.4) is 0 Å². The Morgan fingerprint density at radius 1 is 1.30 bits per heavy atom. The minimum Gasteiger partial charge on any atom is -0.393 e. The van der Waals surface area contributed by atoms with Crippen LogP contribution in [0, 0.1) is 6.92 Å². The SMILES string of the molecule is Cc1ccc(S(=O)(=O)OC[C@H]2C[C@@H](O)C[C@@H](C)O2)cc1. The first-order chi connectivity index (χ1) is 9.37. The summed E-state index contributed by atoms with van der Waals surface area (Å²) in [6.07, 6.45) is 0.0208. The predicted molar refractivity (Wildman–Crippen MR) is 73.9 cm³/mol. The molecule has 6 heteroatoms. The van der Waals surface area contributed by atoms with Crippen LogP contribution in [0.5, 0.6) is 0 Å². The van der Waals surface area contributed by atoms with Crippen LogP contribution in [0.25, 0.3) is 0 Å². The van der Waals surface area contributed by atoms with Gasteiger partial charge in [-0.15, -0.1) is 0 Å². The van der Waals surface area contributed by atoms with Gasteiger partial charge in [-0.05, 0) is 32.4 Å². The summed E-state index contributed by atoms with van der Waals surface area (Å²) in [5, 5.41) is 9.64. The van der Waals surface area contributed by atoms with E-state index in [1.807, 2.05) is 13.8 Å². The predicted octanol–water partition coefficient (Wildman–Crippen LogP) is 1.63. The van der Waals surface area contributed by atoms with Gasteiger partial charge >= 0.3 is 0 Å². The number of benzene rings is 1. The van der Waals surface area contributed by atoms with Crippen molar-refractivity contribution in [2.24, 2.45) is 0 Å². The maximum absolute atomic E-state index is 12.0. The number of hydrogen-bond acceptors (Lipinski definition) is 5. The summed E-state index contributed by atoms with van der Waals surface area (Å²) >= 11 is 0. The highest BCUT2D eigenvalue weighted by Crippen LogP contribution is 2.21. The number of hydrogen-bond donors (Lipinski definition) is 1. The summed E-state index contributed by atoms with van der Waals surface area (Å²) in [6.45, 7) is 3.66. The molecule has 0 aromatic heterocycles. The molecule has 0 aliphatic carbocycles. The third-order valence-electron chi connectivity index (χ3n) is 3.28. The van der Waals surface area contributed by atoms with E-state index in [2.05, 4.69) is 0 Å². The number of aliphatic hydroxyl groups is 1. The molecule has 20 heavy (non-hydrogen) atoms. The molecular weight excluding hydrogens is 280 g/mol. The topological polar surface area (TPSA) is 72.8 Å². The van der Waals surface area contributed by atoms with Crippen molar-refractivity contribution in [1.82, 2.24) is 0 Å². The lowest BCUT2D eigenvalue weighted by atomic mass is 10.0. The van der Waals surface area contributed by atoms with E-state index < -0.39 is 22.3 Å². The Morgan fingerprint density at radius 3 is 2.55 bits per heavy atom. The smallest absolute Gasteiger partial charge is 0.297 e. The molecule has 1 aliphatic rings. The standard InChI is InChI=1S/C14H20O5S/c1-10-3-5-14(6-4-10)20(16,17)18-9-13-8-12(15)7-11(2)19-13/h3-6,11-13,15H,7-9H2,1-2H3/t11-,12+,13-/m1/s1. The van der Waals surface area contributed by atoms with Gasteiger partial charge in [0.05, 0.1) is 29.8 Å². The molecule has 0 radical (unpaired) electrons. The Bertz CT molecular complexity index is 527. The first-order valence-electron chi connectivity index (χ1n) is 6.66. The van der Waals surface area contributed by atoms with Crippen molar-refractivity contribution < 1.29 is 22.4 Å². The van der Waals surface area contributed by atoms with Crippen molar-refractivity contribution in [2.45, 2.75) is 49.9 Å². The molecule has 0 unspecified atom stereocenters. The van der Waals surface area contributed by atoms with Crippen LogP contribution < -0.4 is 0 Å². The Balaban J connectivity index is 1.97. The Morgan fingerprint density at radius 2 is 1.95 bits per heavy atom. The van der Waals surface area contributed by atoms with Crippen LogP contribution in [0.4, 0.5) is 0 Å². The lowest BCUT2D eigenvalue weighted by molar-refractivity contribution is -0.1000. The van der Waals surface area contributed by atoms with Gasteiger partial charge in [0.25, 0.3) is 10.1 Å². The zero-order valence-corrected chi connectivity index (χ0v) is 12.5. The van der Waals surface area contributed by atoms with Gasteiger partial charge in [-0.3, -0.25) is 4.18 Å². The highest BCUT2D eigenvalue weighted by Gasteiger charge is 2.27. The average Bonchev–Trinajstić information content (AvgIpc) is 2.36. The first-order valence-corrected chi connectivity index (χ1v) is 8.07. The van der Waals surface area contributed by atoms with E-state index in [0.29, 0.717) is 12.8 Å². The van der Waals surface area contributed by atoms with E-state index >= 15 is 0 Å². The molecule has 5 nitrogen and oxygen atoms in total. The monoisotopic (exact) mass is 300 g/mol. The third-order valence-corrected chi connectivity index (χ3v) is 4.58. The van der Waals surface area contributed by atoms with E-state index in [1.54, 1.807) is 12.1 Å². The van der Waals surface area contributed by atoms with Crippen molar-refractivity contribution in [2.75, 3.05) is 6.61 Å². The van der Waals surface area contributed by atoms with E-state index in [9.17, 15) is 13.5 Å². The fraction of sp³-hybridized carbons (Fsp3) is 0.571. The average molecular weight is 300 g/mol. The normalized spacial score (nSPS) is 27.4. The Kier molecular flexibility index (Phi) is 4.80. The van der Waals surface area contributed by atoms with Gasteiger partial charge in [0, 0.05) is 6.42 Å². The lowest BCUT2D eigenvalue weighted by Crippen LogP contribution is -2.37. The molecule has 0 spiro atoms. The summed E-state index contributed by atoms with van der Waals surface area (Å²) in [5.41, 5.74) is 0.983. The first kappa shape index (κ1) is 15.4. The second-order valence-corrected chi connectivity index (χ2v) is 6.86. The van der Waals surface area contributed by atoms with E-state index in [4.69, 9.17) is 8.92 Å². The molecule has 1 heterocycles. The molecule has 112 valence electrons. The van der Waals surface area contributed by atoms with Gasteiger partial charge in [0.1, 0.15) is 0 Å². The lowest BCUT2D eigenvalue weighted by Gasteiger charge is -2.30. The number of aryl methyl sites for hydroxylation is 1. The third kappa shape index (κ3) is 4.02. The van der Waals surface area contributed by atoms with E-state index in [0.717, 1.165) is 5.56 Å². The van der Waals surface area contributed by atoms with Gasteiger partial charge in [0.15, 0.2) is 0 Å². The second kappa shape index (κ2) is 6.22. The van der Waals surface area contributed by atoms with Crippen LogP contribution in [0.2, 0.25) is 0 Å². The maximum atomic E-state index is 12.0. The minimum absolute atomic E-state index is 0.0718. The van der Waals surface area contributed by atoms with Crippen molar-refractivity contribution >= 4 is 10.1 Å². The Labute approximate surface area is 119 Å². The minimum atomic E-state index is -3.77. The number of ether oxygens (including phenoxy) is 1. The molecule has 0 bridgehead atoms. The summed E-state index contributed by atoms with van der Waals surface area (Å²) in [7, 11) is -3.77. The molecule has 2 rings (SSSR count). The summed E-state index contributed by atoms with van der Waals surface area (Å²) in [4.78, 5) is 0.132. The molecule has 1 fully saturated rings. The summed E-state index contributed by atoms with van der Waals surface area (Å²) < 4.78 is 34.6. The molecule has 1 aliphatic heterocycles. The number of rotatable bonds is 4. The highest BCUT2D eigenvalue weighted by atomic mass is 32.2. The van der Waals surface area contributed by atoms with Gasteiger partial charge in [-0.25, -0.2) is 0 Å². The van der Waals surface area contributed by atoms with E-state index in [-0.39, 0.29) is 17.6 Å². The molecule has 1 saturated heterocycles. The molecule has 0 amide bonds. The highest BCUT2D eigenvalue weighted by molar-refractivity contribution is 7.86. The van der Waals surface area contributed by atoms with Gasteiger partial charge in [0.2, 0.25) is 0 Å². The zero-order chi connectivity index (χ0) is 14.8. The van der Waals surface area contributed by atoms with Gasteiger partial charge in [-0.2, -0.15) is 8.42 Å². The fourth-order valence-corrected chi connectivity index (χ4v) is 3.20. The largest absolute Gasteiger partial charge is 0.393 e. The van der Waals surface area contributed by atoms with Crippen molar-refractivity contribution in [3.05, 3.63) is 29.8 Å². The molecule has 0 saturated carbocycles. The molecular formula is C14H20O5S. The van der Waals surface area contributed by atoms with Crippen molar-refractivity contribution in [1.29, 1.82) is 0 Å². The number of aliphatic hydroxyl groups excluding tert-OH is 1. The molecule has 1 aromatic rings. The molecule has 1 aromatic carbocycles. The van der Waals surface area contributed by atoms with Crippen molar-refractivity contribution in [3.8, 4) is 0 Å². The van der Waals surface area contributed by atoms with Crippen LogP contribution in [0.1, 0.15) is 25.3 Å². The van der Waals surface area contributed by atoms with Crippen LogP contribution >= 0.6 is 0 Å². The second-order valence-electron chi connectivity index (χ2n) is 5.25. The van der Waals surface area contributed by atoms with Crippen LogP contribution in [-0.4, -0.2) is 38.4 Å². The molecule has 1 N–H and O–H groups in total. The fourth-order valence-electron chi connectivity index (χ4n) is 2.27. The van der Waals surface area contributed by atoms with Crippen LogP contribution in [0.15, 0.2) is 29.2 Å². The molecule has 3 atom stereocenters. The van der Waals surface area contributed by atoms with Crippen molar-refractivity contribution in [3.63, 3.8) is 0 Å². The summed E-state index contributed by atoms with van der Waals surface area (Å²) in [6, 6.07) is 6.48. The maximum Gasteiger partial charge on any atom is 0.297 e. The van der Waals surface area contributed by atoms with Gasteiger partial charge < -0.3 is 9.84 Å².